The molecule has 2 rings (SSSR count). The fraction of sp³-hybridized carbons (Fsp3) is 0.692. The lowest BCUT2D eigenvalue weighted by atomic mass is 9.87. The number of urea groups is 1. The van der Waals surface area contributed by atoms with E-state index in [1.165, 1.54) is 0 Å². The summed E-state index contributed by atoms with van der Waals surface area (Å²) in [5.74, 6) is -2.33. The second-order valence-corrected chi connectivity index (χ2v) is 5.19. The number of nitrogens with one attached hydrogen (secondary N) is 2. The van der Waals surface area contributed by atoms with Gasteiger partial charge in [-0.25, -0.2) is 4.79 Å². The van der Waals surface area contributed by atoms with E-state index in [1.807, 2.05) is 0 Å². The van der Waals surface area contributed by atoms with Gasteiger partial charge >= 0.3 is 6.03 Å². The Balaban J connectivity index is 2.11. The highest BCUT2D eigenvalue weighted by molar-refractivity contribution is 6.17. The van der Waals surface area contributed by atoms with E-state index in [0.717, 1.165) is 30.6 Å². The van der Waals surface area contributed by atoms with Gasteiger partial charge in [-0.2, -0.15) is 0 Å². The van der Waals surface area contributed by atoms with Gasteiger partial charge in [0.05, 0.1) is 0 Å². The van der Waals surface area contributed by atoms with Crippen LogP contribution in [0.15, 0.2) is 0 Å². The zero-order valence-electron chi connectivity index (χ0n) is 11.5. The highest BCUT2D eigenvalue weighted by atomic mass is 16.2. The van der Waals surface area contributed by atoms with E-state index in [1.54, 1.807) is 6.92 Å². The summed E-state index contributed by atoms with van der Waals surface area (Å²) >= 11 is 0. The molecule has 1 heterocycles. The third-order valence-corrected chi connectivity index (χ3v) is 3.84. The topological polar surface area (TPSA) is 95.6 Å². The molecule has 0 radical (unpaired) electrons. The third-order valence-electron chi connectivity index (χ3n) is 3.84. The Morgan fingerprint density at radius 3 is 2.55 bits per heavy atom. The van der Waals surface area contributed by atoms with Crippen LogP contribution >= 0.6 is 0 Å². The quantitative estimate of drug-likeness (QED) is 0.709. The van der Waals surface area contributed by atoms with Crippen molar-refractivity contribution < 1.29 is 19.2 Å². The maximum atomic E-state index is 12.3. The molecule has 7 nitrogen and oxygen atoms in total. The van der Waals surface area contributed by atoms with E-state index in [-0.39, 0.29) is 12.5 Å². The van der Waals surface area contributed by atoms with Crippen LogP contribution in [0.25, 0.3) is 0 Å². The van der Waals surface area contributed by atoms with Gasteiger partial charge in [-0.1, -0.05) is 12.8 Å². The molecule has 1 atom stereocenters. The molecule has 2 N–H and O–H groups in total. The fourth-order valence-corrected chi connectivity index (χ4v) is 2.88. The van der Waals surface area contributed by atoms with Crippen molar-refractivity contribution in [1.82, 2.24) is 15.5 Å². The van der Waals surface area contributed by atoms with Crippen molar-refractivity contribution in [3.05, 3.63) is 0 Å². The largest absolute Gasteiger partial charge is 0.355 e. The number of rotatable bonds is 4. The summed E-state index contributed by atoms with van der Waals surface area (Å²) in [6, 6.07) is -0.805. The van der Waals surface area contributed by atoms with Crippen LogP contribution < -0.4 is 10.6 Å². The van der Waals surface area contributed by atoms with Gasteiger partial charge in [0.1, 0.15) is 12.5 Å². The van der Waals surface area contributed by atoms with E-state index < -0.39 is 29.7 Å². The number of likely N-dealkylation sites (N-methyl/N-ethyl adjacent to an activating group) is 1. The van der Waals surface area contributed by atoms with Crippen LogP contribution in [-0.2, 0) is 14.4 Å². The molecule has 1 aliphatic heterocycles. The van der Waals surface area contributed by atoms with E-state index in [4.69, 9.17) is 0 Å². The molecule has 2 aliphatic rings. The van der Waals surface area contributed by atoms with Crippen LogP contribution in [-0.4, -0.2) is 41.7 Å². The van der Waals surface area contributed by atoms with Gasteiger partial charge in [-0.15, -0.1) is 0 Å². The minimum atomic E-state index is -0.829. The summed E-state index contributed by atoms with van der Waals surface area (Å²) in [5, 5.41) is 4.71. The Morgan fingerprint density at radius 2 is 1.95 bits per heavy atom. The van der Waals surface area contributed by atoms with Crippen molar-refractivity contribution >= 4 is 23.8 Å². The van der Waals surface area contributed by atoms with E-state index in [0.29, 0.717) is 6.54 Å². The smallest absolute Gasteiger partial charge is 0.331 e. The SMILES string of the molecule is CCNC(=O)CN1C(=O)NC(=O)C(C2CCCC2)C1=O. The average Bonchev–Trinajstić information content (AvgIpc) is 2.88. The molecule has 0 bridgehead atoms. The number of barbiturate groups is 1. The first-order valence-corrected chi connectivity index (χ1v) is 6.97. The van der Waals surface area contributed by atoms with Crippen molar-refractivity contribution in [2.24, 2.45) is 11.8 Å². The normalized spacial score (nSPS) is 23.9. The third kappa shape index (κ3) is 2.81. The van der Waals surface area contributed by atoms with Crippen molar-refractivity contribution in [2.45, 2.75) is 32.6 Å². The Labute approximate surface area is 117 Å². The molecule has 1 saturated heterocycles. The lowest BCUT2D eigenvalue weighted by Gasteiger charge is -2.32. The molecule has 5 amide bonds. The first-order valence-electron chi connectivity index (χ1n) is 6.97. The second-order valence-electron chi connectivity index (χ2n) is 5.19. The summed E-state index contributed by atoms with van der Waals surface area (Å²) < 4.78 is 0. The maximum absolute atomic E-state index is 12.3. The van der Waals surface area contributed by atoms with E-state index >= 15 is 0 Å². The van der Waals surface area contributed by atoms with Gasteiger partial charge in [0.25, 0.3) is 0 Å². The van der Waals surface area contributed by atoms with Crippen molar-refractivity contribution in [3.63, 3.8) is 0 Å². The van der Waals surface area contributed by atoms with E-state index in [9.17, 15) is 19.2 Å². The minimum absolute atomic E-state index is 0.0210. The number of carbonyl (C=O) groups excluding carboxylic acids is 4. The van der Waals surface area contributed by atoms with Gasteiger partial charge in [0.2, 0.25) is 17.7 Å². The van der Waals surface area contributed by atoms with Crippen LogP contribution in [0.1, 0.15) is 32.6 Å². The van der Waals surface area contributed by atoms with Crippen molar-refractivity contribution in [2.75, 3.05) is 13.1 Å². The molecule has 7 heteroatoms. The fourth-order valence-electron chi connectivity index (χ4n) is 2.88. The lowest BCUT2D eigenvalue weighted by Crippen LogP contribution is -2.61. The predicted octanol–water partition coefficient (Wildman–Crippen LogP) is 0.00730. The number of hydrogen-bond acceptors (Lipinski definition) is 4. The molecular formula is C13H19N3O4. The zero-order valence-corrected chi connectivity index (χ0v) is 11.5. The molecule has 0 aromatic heterocycles. The van der Waals surface area contributed by atoms with Crippen LogP contribution in [0.2, 0.25) is 0 Å². The minimum Gasteiger partial charge on any atom is -0.355 e. The van der Waals surface area contributed by atoms with Crippen LogP contribution in [0.4, 0.5) is 4.79 Å². The second kappa shape index (κ2) is 6.02. The maximum Gasteiger partial charge on any atom is 0.331 e. The van der Waals surface area contributed by atoms with Crippen LogP contribution in [0.5, 0.6) is 0 Å². The Kier molecular flexibility index (Phi) is 4.36. The molecule has 0 aromatic carbocycles. The molecular weight excluding hydrogens is 262 g/mol. The molecule has 1 unspecified atom stereocenters. The van der Waals surface area contributed by atoms with Crippen LogP contribution in [0.3, 0.4) is 0 Å². The lowest BCUT2D eigenvalue weighted by molar-refractivity contribution is -0.147. The molecule has 2 fully saturated rings. The van der Waals surface area contributed by atoms with Gasteiger partial charge in [0.15, 0.2) is 0 Å². The van der Waals surface area contributed by atoms with Crippen LogP contribution in [0, 0.1) is 11.8 Å². The molecule has 0 spiro atoms. The molecule has 0 aromatic rings. The Bertz CT molecular complexity index is 443. The molecule has 110 valence electrons. The Hall–Kier alpha value is -1.92. The summed E-state index contributed by atoms with van der Waals surface area (Å²) in [7, 11) is 0. The van der Waals surface area contributed by atoms with Gasteiger partial charge in [0, 0.05) is 6.54 Å². The Morgan fingerprint density at radius 1 is 1.30 bits per heavy atom. The monoisotopic (exact) mass is 281 g/mol. The molecule has 1 saturated carbocycles. The molecule has 1 aliphatic carbocycles. The summed E-state index contributed by atoms with van der Waals surface area (Å²) in [6.45, 7) is 1.84. The van der Waals surface area contributed by atoms with Gasteiger partial charge in [-0.05, 0) is 25.7 Å². The first kappa shape index (κ1) is 14.5. The first-order chi connectivity index (χ1) is 9.54. The van der Waals surface area contributed by atoms with E-state index in [2.05, 4.69) is 10.6 Å². The van der Waals surface area contributed by atoms with Gasteiger partial charge < -0.3 is 5.32 Å². The summed E-state index contributed by atoms with van der Waals surface area (Å²) in [4.78, 5) is 48.3. The number of hydrogen-bond donors (Lipinski definition) is 2. The average molecular weight is 281 g/mol. The van der Waals surface area contributed by atoms with Crippen molar-refractivity contribution in [1.29, 1.82) is 0 Å². The standard InChI is InChI=1S/C13H19N3O4/c1-2-14-9(17)7-16-12(19)10(8-5-3-4-6-8)11(18)15-13(16)20/h8,10H,2-7H2,1H3,(H,14,17)(H,15,18,20). The van der Waals surface area contributed by atoms with Crippen molar-refractivity contribution in [3.8, 4) is 0 Å². The highest BCUT2D eigenvalue weighted by Crippen LogP contribution is 2.33. The highest BCUT2D eigenvalue weighted by Gasteiger charge is 2.45. The van der Waals surface area contributed by atoms with Gasteiger partial charge in [-0.3, -0.25) is 24.6 Å². The number of amides is 5. The molecule has 20 heavy (non-hydrogen) atoms. The summed E-state index contributed by atoms with van der Waals surface area (Å²) in [6.07, 6.45) is 3.61. The predicted molar refractivity (Wildman–Crippen MR) is 69.4 cm³/mol. The number of imide groups is 2. The zero-order chi connectivity index (χ0) is 14.7. The summed E-state index contributed by atoms with van der Waals surface area (Å²) in [5.41, 5.74) is 0. The number of nitrogens with zero attached hydrogens (tertiary/aromatic N) is 1. The number of carbonyl (C=O) groups is 4.